The fourth-order valence-electron chi connectivity index (χ4n) is 0.811. The van der Waals surface area contributed by atoms with Gasteiger partial charge in [-0.15, -0.1) is 0 Å². The van der Waals surface area contributed by atoms with Gasteiger partial charge in [-0.3, -0.25) is 0 Å². The molecule has 7 heteroatoms. The van der Waals surface area contributed by atoms with Crippen LogP contribution in [0.3, 0.4) is 0 Å². The molecule has 0 radical (unpaired) electrons. The fraction of sp³-hybridized carbons (Fsp3) is 0. The predicted molar refractivity (Wildman–Crippen MR) is 49.9 cm³/mol. The molecule has 0 amide bonds. The SMILES string of the molecule is NNC(=S)Nc1c(F)cc(F)cc1F. The van der Waals surface area contributed by atoms with Crippen molar-refractivity contribution in [3.63, 3.8) is 0 Å². The highest BCUT2D eigenvalue weighted by molar-refractivity contribution is 7.80. The third kappa shape index (κ3) is 2.33. The maximum absolute atomic E-state index is 12.9. The van der Waals surface area contributed by atoms with Gasteiger partial charge in [0.2, 0.25) is 0 Å². The Labute approximate surface area is 83.1 Å². The van der Waals surface area contributed by atoms with Crippen molar-refractivity contribution in [2.45, 2.75) is 0 Å². The molecule has 3 nitrogen and oxygen atoms in total. The molecule has 0 aliphatic carbocycles. The van der Waals surface area contributed by atoms with Crippen molar-refractivity contribution in [3.05, 3.63) is 29.6 Å². The minimum atomic E-state index is -1.08. The summed E-state index contributed by atoms with van der Waals surface area (Å²) in [6.07, 6.45) is 0. The Morgan fingerprint density at radius 2 is 1.71 bits per heavy atom. The van der Waals surface area contributed by atoms with E-state index in [1.165, 1.54) is 0 Å². The monoisotopic (exact) mass is 221 g/mol. The molecule has 4 N–H and O–H groups in total. The van der Waals surface area contributed by atoms with E-state index in [4.69, 9.17) is 5.84 Å². The van der Waals surface area contributed by atoms with Gasteiger partial charge in [-0.25, -0.2) is 19.0 Å². The molecular weight excluding hydrogens is 215 g/mol. The molecule has 0 aromatic heterocycles. The predicted octanol–water partition coefficient (Wildman–Crippen LogP) is 1.26. The Morgan fingerprint density at radius 1 is 1.21 bits per heavy atom. The summed E-state index contributed by atoms with van der Waals surface area (Å²) in [7, 11) is 0. The summed E-state index contributed by atoms with van der Waals surface area (Å²) < 4.78 is 38.3. The first kappa shape index (κ1) is 10.7. The van der Waals surface area contributed by atoms with Crippen LogP contribution in [0.5, 0.6) is 0 Å². The fourth-order valence-corrected chi connectivity index (χ4v) is 0.913. The van der Waals surface area contributed by atoms with Crippen molar-refractivity contribution in [1.29, 1.82) is 0 Å². The number of benzene rings is 1. The van der Waals surface area contributed by atoms with Gasteiger partial charge in [-0.05, 0) is 12.2 Å². The number of hydrogen-bond donors (Lipinski definition) is 3. The zero-order chi connectivity index (χ0) is 10.7. The number of thiocarbonyl (C=S) groups is 1. The largest absolute Gasteiger partial charge is 0.327 e. The van der Waals surface area contributed by atoms with E-state index in [0.29, 0.717) is 12.1 Å². The van der Waals surface area contributed by atoms with Crippen LogP contribution in [0.1, 0.15) is 0 Å². The summed E-state index contributed by atoms with van der Waals surface area (Å²) in [5, 5.41) is 1.96. The van der Waals surface area contributed by atoms with Gasteiger partial charge in [0.05, 0.1) is 0 Å². The van der Waals surface area contributed by atoms with Crippen molar-refractivity contribution < 1.29 is 13.2 Å². The first-order chi connectivity index (χ1) is 6.54. The van der Waals surface area contributed by atoms with Crippen LogP contribution in [0.15, 0.2) is 12.1 Å². The lowest BCUT2D eigenvalue weighted by atomic mass is 10.3. The lowest BCUT2D eigenvalue weighted by Crippen LogP contribution is -2.34. The van der Waals surface area contributed by atoms with Crippen LogP contribution in [-0.4, -0.2) is 5.11 Å². The Hall–Kier alpha value is -1.34. The summed E-state index contributed by atoms with van der Waals surface area (Å²) in [6, 6.07) is 1.06. The van der Waals surface area contributed by atoms with E-state index in [2.05, 4.69) is 17.5 Å². The molecule has 14 heavy (non-hydrogen) atoms. The molecular formula is C7H6F3N3S. The van der Waals surface area contributed by atoms with Crippen molar-refractivity contribution in [3.8, 4) is 0 Å². The Morgan fingerprint density at radius 3 is 2.14 bits per heavy atom. The van der Waals surface area contributed by atoms with E-state index in [1.807, 2.05) is 5.43 Å². The van der Waals surface area contributed by atoms with E-state index < -0.39 is 23.1 Å². The zero-order valence-corrected chi connectivity index (χ0v) is 7.59. The van der Waals surface area contributed by atoms with E-state index in [0.717, 1.165) is 0 Å². The van der Waals surface area contributed by atoms with Gasteiger partial charge in [-0.2, -0.15) is 0 Å². The Balaban J connectivity index is 3.02. The minimum Gasteiger partial charge on any atom is -0.327 e. The molecule has 0 unspecified atom stereocenters. The van der Waals surface area contributed by atoms with E-state index in [9.17, 15) is 13.2 Å². The number of anilines is 1. The highest BCUT2D eigenvalue weighted by Crippen LogP contribution is 2.19. The Kier molecular flexibility index (Phi) is 3.26. The number of hydrogen-bond acceptors (Lipinski definition) is 2. The van der Waals surface area contributed by atoms with Crippen molar-refractivity contribution in [2.24, 2.45) is 5.84 Å². The van der Waals surface area contributed by atoms with Gasteiger partial charge in [0, 0.05) is 12.1 Å². The van der Waals surface area contributed by atoms with Crippen molar-refractivity contribution in [1.82, 2.24) is 5.43 Å². The van der Waals surface area contributed by atoms with Crippen LogP contribution in [-0.2, 0) is 0 Å². The molecule has 0 atom stereocenters. The Bertz CT molecular complexity index is 346. The third-order valence-electron chi connectivity index (χ3n) is 1.38. The molecule has 76 valence electrons. The first-order valence-electron chi connectivity index (χ1n) is 3.46. The van der Waals surface area contributed by atoms with Crippen LogP contribution in [0.4, 0.5) is 18.9 Å². The van der Waals surface area contributed by atoms with E-state index >= 15 is 0 Å². The van der Waals surface area contributed by atoms with E-state index in [1.54, 1.807) is 0 Å². The molecule has 0 aliphatic heterocycles. The third-order valence-corrected chi connectivity index (χ3v) is 1.60. The van der Waals surface area contributed by atoms with E-state index in [-0.39, 0.29) is 5.11 Å². The number of hydrazine groups is 1. The number of halogens is 3. The smallest absolute Gasteiger partial charge is 0.185 e. The van der Waals surface area contributed by atoms with Crippen LogP contribution < -0.4 is 16.6 Å². The quantitative estimate of drug-likeness (QED) is 0.379. The average Bonchev–Trinajstić information content (AvgIpc) is 2.10. The highest BCUT2D eigenvalue weighted by Gasteiger charge is 2.11. The summed E-state index contributed by atoms with van der Waals surface area (Å²) in [6.45, 7) is 0. The maximum atomic E-state index is 12.9. The van der Waals surface area contributed by atoms with Gasteiger partial charge >= 0.3 is 0 Å². The van der Waals surface area contributed by atoms with Gasteiger partial charge in [0.15, 0.2) is 16.7 Å². The van der Waals surface area contributed by atoms with Crippen LogP contribution >= 0.6 is 12.2 Å². The first-order valence-corrected chi connectivity index (χ1v) is 3.87. The number of nitrogens with one attached hydrogen (secondary N) is 2. The summed E-state index contributed by atoms with van der Waals surface area (Å²) in [4.78, 5) is 0. The highest BCUT2D eigenvalue weighted by atomic mass is 32.1. The molecule has 0 spiro atoms. The molecule has 0 fully saturated rings. The molecule has 0 saturated heterocycles. The van der Waals surface area contributed by atoms with Gasteiger partial charge in [-0.1, -0.05) is 0 Å². The molecule has 1 rings (SSSR count). The number of nitrogens with two attached hydrogens (primary N) is 1. The standard InChI is InChI=1S/C7H6F3N3S/c8-3-1-4(9)6(5(10)2-3)12-7(14)13-11/h1-2H,11H2,(H2,12,13,14). The van der Waals surface area contributed by atoms with Crippen molar-refractivity contribution in [2.75, 3.05) is 5.32 Å². The molecule has 0 aliphatic rings. The van der Waals surface area contributed by atoms with Gasteiger partial charge in [0.1, 0.15) is 11.5 Å². The second-order valence-electron chi connectivity index (χ2n) is 2.34. The summed E-state index contributed by atoms with van der Waals surface area (Å²) in [5.41, 5.74) is 1.43. The lowest BCUT2D eigenvalue weighted by Gasteiger charge is -2.08. The normalized spacial score (nSPS) is 9.71. The van der Waals surface area contributed by atoms with Crippen molar-refractivity contribution >= 4 is 23.0 Å². The average molecular weight is 221 g/mol. The second-order valence-corrected chi connectivity index (χ2v) is 2.75. The number of rotatable bonds is 1. The maximum Gasteiger partial charge on any atom is 0.185 e. The van der Waals surface area contributed by atoms with Crippen LogP contribution in [0, 0.1) is 17.5 Å². The molecule has 0 heterocycles. The zero-order valence-electron chi connectivity index (χ0n) is 6.77. The summed E-state index contributed by atoms with van der Waals surface area (Å²) in [5.74, 6) is 1.71. The molecule has 1 aromatic rings. The molecule has 1 aromatic carbocycles. The van der Waals surface area contributed by atoms with Crippen LogP contribution in [0.25, 0.3) is 0 Å². The topological polar surface area (TPSA) is 50.1 Å². The molecule has 0 saturated carbocycles. The lowest BCUT2D eigenvalue weighted by molar-refractivity contribution is 0.549. The van der Waals surface area contributed by atoms with Gasteiger partial charge < -0.3 is 10.7 Å². The second kappa shape index (κ2) is 4.25. The van der Waals surface area contributed by atoms with Crippen LogP contribution in [0.2, 0.25) is 0 Å². The minimum absolute atomic E-state index is 0.172. The molecule has 0 bridgehead atoms. The summed E-state index contributed by atoms with van der Waals surface area (Å²) >= 11 is 4.52. The van der Waals surface area contributed by atoms with Gasteiger partial charge in [0.25, 0.3) is 0 Å².